The third kappa shape index (κ3) is 4.25. The summed E-state index contributed by atoms with van der Waals surface area (Å²) < 4.78 is 11.7. The molecule has 0 aromatic heterocycles. The number of Topliss-reactive ketones (excluding diaryl/α,β-unsaturated/α-hetero) is 1. The third-order valence-corrected chi connectivity index (χ3v) is 7.10. The van der Waals surface area contributed by atoms with Crippen LogP contribution in [0.15, 0.2) is 39.6 Å². The van der Waals surface area contributed by atoms with E-state index in [1.54, 1.807) is 12.1 Å². The van der Waals surface area contributed by atoms with Crippen molar-refractivity contribution in [1.29, 1.82) is 0 Å². The van der Waals surface area contributed by atoms with Gasteiger partial charge >= 0.3 is 5.97 Å². The molecule has 166 valence electrons. The molecule has 2 aliphatic carbocycles. The lowest BCUT2D eigenvalue weighted by molar-refractivity contribution is -0.146. The van der Waals surface area contributed by atoms with Gasteiger partial charge in [0.05, 0.1) is 23.1 Å². The Bertz CT molecular complexity index is 961. The molecule has 7 heteroatoms. The third-order valence-electron chi connectivity index (χ3n) is 6.49. The average Bonchev–Trinajstić information content (AvgIpc) is 2.75. The second kappa shape index (κ2) is 9.07. The Kier molecular flexibility index (Phi) is 6.42. The molecule has 0 amide bonds. The predicted octanol–water partition coefficient (Wildman–Crippen LogP) is 4.86. The van der Waals surface area contributed by atoms with E-state index < -0.39 is 11.8 Å². The molecule has 1 saturated carbocycles. The van der Waals surface area contributed by atoms with Gasteiger partial charge in [-0.15, -0.1) is 0 Å². The molecule has 1 fully saturated rings. The van der Waals surface area contributed by atoms with Crippen molar-refractivity contribution < 1.29 is 24.2 Å². The fourth-order valence-corrected chi connectivity index (χ4v) is 5.43. The molecule has 1 aliphatic heterocycles. The van der Waals surface area contributed by atoms with E-state index >= 15 is 0 Å². The molecule has 1 heterocycles. The van der Waals surface area contributed by atoms with E-state index in [0.717, 1.165) is 36.9 Å². The number of halogens is 1. The van der Waals surface area contributed by atoms with Crippen molar-refractivity contribution in [1.82, 2.24) is 5.32 Å². The molecule has 0 bridgehead atoms. The molecular weight excluding hydrogens is 462 g/mol. The van der Waals surface area contributed by atoms with Crippen LogP contribution in [0.3, 0.4) is 0 Å². The van der Waals surface area contributed by atoms with Crippen molar-refractivity contribution >= 4 is 27.7 Å². The van der Waals surface area contributed by atoms with E-state index in [0.29, 0.717) is 28.6 Å². The Morgan fingerprint density at radius 2 is 1.94 bits per heavy atom. The molecule has 6 nitrogen and oxygen atoms in total. The number of hydrogen-bond donors (Lipinski definition) is 2. The van der Waals surface area contributed by atoms with Gasteiger partial charge in [0.2, 0.25) is 0 Å². The van der Waals surface area contributed by atoms with Crippen LogP contribution in [-0.2, 0) is 14.3 Å². The number of phenolic OH excluding ortho intramolecular Hbond substituents is 1. The molecule has 0 spiro atoms. The first-order valence-corrected chi connectivity index (χ1v) is 11.7. The number of fused-ring (bicyclic) bond motifs is 1. The van der Waals surface area contributed by atoms with Gasteiger partial charge in [-0.1, -0.05) is 12.5 Å². The van der Waals surface area contributed by atoms with Gasteiger partial charge < -0.3 is 19.9 Å². The fourth-order valence-electron chi connectivity index (χ4n) is 4.97. The molecule has 2 N–H and O–H groups in total. The van der Waals surface area contributed by atoms with Crippen molar-refractivity contribution in [3.63, 3.8) is 0 Å². The Balaban J connectivity index is 1.80. The zero-order valence-corrected chi connectivity index (χ0v) is 19.5. The second-order valence-electron chi connectivity index (χ2n) is 8.50. The maximum absolute atomic E-state index is 13.4. The van der Waals surface area contributed by atoms with Crippen molar-refractivity contribution in [3.8, 4) is 11.5 Å². The highest BCUT2D eigenvalue weighted by Crippen LogP contribution is 2.47. The molecule has 2 unspecified atom stereocenters. The summed E-state index contributed by atoms with van der Waals surface area (Å²) in [4.78, 5) is 26.4. The van der Waals surface area contributed by atoms with E-state index in [-0.39, 0.29) is 29.4 Å². The zero-order valence-electron chi connectivity index (χ0n) is 17.9. The normalized spacial score (nSPS) is 24.2. The van der Waals surface area contributed by atoms with E-state index in [9.17, 15) is 14.7 Å². The Labute approximate surface area is 190 Å². The zero-order chi connectivity index (χ0) is 22.1. The summed E-state index contributed by atoms with van der Waals surface area (Å²) in [5, 5.41) is 13.6. The minimum absolute atomic E-state index is 0.0158. The molecule has 1 aromatic carbocycles. The Morgan fingerprint density at radius 3 is 2.65 bits per heavy atom. The van der Waals surface area contributed by atoms with Crippen molar-refractivity contribution in [2.45, 2.75) is 63.9 Å². The highest BCUT2D eigenvalue weighted by Gasteiger charge is 2.44. The quantitative estimate of drug-likeness (QED) is 0.587. The molecule has 31 heavy (non-hydrogen) atoms. The monoisotopic (exact) mass is 489 g/mol. The number of carbonyl (C=O) groups is 2. The average molecular weight is 490 g/mol. The number of ketones is 1. The van der Waals surface area contributed by atoms with Crippen LogP contribution in [0.1, 0.15) is 63.4 Å². The van der Waals surface area contributed by atoms with Gasteiger partial charge in [-0.25, -0.2) is 4.79 Å². The maximum Gasteiger partial charge on any atom is 0.336 e. The smallest absolute Gasteiger partial charge is 0.336 e. The van der Waals surface area contributed by atoms with E-state index in [1.165, 1.54) is 13.5 Å². The standard InChI is InChI=1S/C24H28BrNO5/c1-13-20(24(29)31-15-7-4-3-5-8-15)21(22-17(26-13)9-6-10-18(22)27)14-11-16(25)23(28)19(12-14)30-2/h9,11-12,15,21-22,26,28H,3-8,10H2,1-2H3. The first-order chi connectivity index (χ1) is 14.9. The van der Waals surface area contributed by atoms with Gasteiger partial charge in [0.25, 0.3) is 0 Å². The van der Waals surface area contributed by atoms with Gasteiger partial charge in [0, 0.05) is 23.7 Å². The SMILES string of the molecule is COc1cc(C2C(C(=O)OC3CCCCC3)=C(C)NC3=CCCC(=O)C32)cc(Br)c1O. The number of esters is 1. The lowest BCUT2D eigenvalue weighted by atomic mass is 9.71. The summed E-state index contributed by atoms with van der Waals surface area (Å²) >= 11 is 3.38. The van der Waals surface area contributed by atoms with Crippen molar-refractivity contribution in [3.05, 3.63) is 45.2 Å². The summed E-state index contributed by atoms with van der Waals surface area (Å²) in [6, 6.07) is 3.46. The molecule has 4 rings (SSSR count). The molecule has 0 radical (unpaired) electrons. The number of aromatic hydroxyl groups is 1. The second-order valence-corrected chi connectivity index (χ2v) is 9.36. The van der Waals surface area contributed by atoms with Crippen LogP contribution in [0.2, 0.25) is 0 Å². The number of phenols is 1. The number of ether oxygens (including phenoxy) is 2. The lowest BCUT2D eigenvalue weighted by Crippen LogP contribution is -2.41. The molecule has 2 atom stereocenters. The van der Waals surface area contributed by atoms with Gasteiger partial charge in [-0.3, -0.25) is 4.79 Å². The van der Waals surface area contributed by atoms with Gasteiger partial charge in [0.1, 0.15) is 11.9 Å². The van der Waals surface area contributed by atoms with Crippen LogP contribution in [0, 0.1) is 5.92 Å². The van der Waals surface area contributed by atoms with Crippen LogP contribution < -0.4 is 10.1 Å². The molecule has 0 saturated heterocycles. The van der Waals surface area contributed by atoms with Crippen LogP contribution in [-0.4, -0.2) is 30.1 Å². The number of allylic oxidation sites excluding steroid dienone is 3. The predicted molar refractivity (Wildman–Crippen MR) is 120 cm³/mol. The molecule has 3 aliphatic rings. The van der Waals surface area contributed by atoms with E-state index in [4.69, 9.17) is 9.47 Å². The highest BCUT2D eigenvalue weighted by molar-refractivity contribution is 9.10. The summed E-state index contributed by atoms with van der Waals surface area (Å²) in [5.41, 5.74) is 2.73. The molecular formula is C24H28BrNO5. The van der Waals surface area contributed by atoms with Crippen molar-refractivity contribution in [2.75, 3.05) is 7.11 Å². The summed E-state index contributed by atoms with van der Waals surface area (Å²) in [6.07, 6.45) is 8.13. The van der Waals surface area contributed by atoms with Crippen LogP contribution >= 0.6 is 15.9 Å². The first-order valence-electron chi connectivity index (χ1n) is 10.9. The van der Waals surface area contributed by atoms with Gasteiger partial charge in [-0.2, -0.15) is 0 Å². The maximum atomic E-state index is 13.4. The Hall–Kier alpha value is -2.28. The van der Waals surface area contributed by atoms with E-state index in [2.05, 4.69) is 21.2 Å². The summed E-state index contributed by atoms with van der Waals surface area (Å²) in [6.45, 7) is 1.85. The number of rotatable bonds is 4. The van der Waals surface area contributed by atoms with Gasteiger partial charge in [-0.05, 0) is 72.7 Å². The highest BCUT2D eigenvalue weighted by atomic mass is 79.9. The Morgan fingerprint density at radius 1 is 1.19 bits per heavy atom. The minimum atomic E-state index is -0.512. The topological polar surface area (TPSA) is 84.9 Å². The van der Waals surface area contributed by atoms with E-state index in [1.807, 2.05) is 13.0 Å². The fraction of sp³-hybridized carbons (Fsp3) is 0.500. The number of benzene rings is 1. The lowest BCUT2D eigenvalue weighted by Gasteiger charge is -2.38. The van der Waals surface area contributed by atoms with Gasteiger partial charge in [0.15, 0.2) is 11.5 Å². The first kappa shape index (κ1) is 21.9. The van der Waals surface area contributed by atoms with Crippen LogP contribution in [0.5, 0.6) is 11.5 Å². The minimum Gasteiger partial charge on any atom is -0.503 e. The largest absolute Gasteiger partial charge is 0.503 e. The summed E-state index contributed by atoms with van der Waals surface area (Å²) in [5.74, 6) is -1.02. The number of nitrogens with one attached hydrogen (secondary N) is 1. The van der Waals surface area contributed by atoms with Crippen LogP contribution in [0.25, 0.3) is 0 Å². The number of methoxy groups -OCH3 is 1. The summed E-state index contributed by atoms with van der Waals surface area (Å²) in [7, 11) is 1.48. The number of hydrogen-bond acceptors (Lipinski definition) is 6. The van der Waals surface area contributed by atoms with Crippen LogP contribution in [0.4, 0.5) is 0 Å². The van der Waals surface area contributed by atoms with Crippen molar-refractivity contribution in [2.24, 2.45) is 5.92 Å². The number of carbonyl (C=O) groups excluding carboxylic acids is 2. The molecule has 1 aromatic rings.